The molecule has 7 heteroatoms. The third kappa shape index (κ3) is 3.83. The van der Waals surface area contributed by atoms with Crippen molar-refractivity contribution >= 4 is 17.4 Å². The molecule has 2 heterocycles. The van der Waals surface area contributed by atoms with E-state index in [1.165, 1.54) is 18.9 Å². The van der Waals surface area contributed by atoms with Crippen molar-refractivity contribution in [2.75, 3.05) is 23.3 Å². The highest BCUT2D eigenvalue weighted by atomic mass is 19.2. The summed E-state index contributed by atoms with van der Waals surface area (Å²) in [6, 6.07) is 14.0. The van der Waals surface area contributed by atoms with Crippen molar-refractivity contribution in [3.8, 4) is 11.3 Å². The highest BCUT2D eigenvalue weighted by molar-refractivity contribution is 6.04. The lowest BCUT2D eigenvalue weighted by Gasteiger charge is -2.15. The molecule has 0 radical (unpaired) electrons. The van der Waals surface area contributed by atoms with Crippen LogP contribution in [0.1, 0.15) is 23.2 Å². The summed E-state index contributed by atoms with van der Waals surface area (Å²) in [4.78, 5) is 14.5. The number of rotatable bonds is 4. The summed E-state index contributed by atoms with van der Waals surface area (Å²) in [5.41, 5.74) is 2.05. The average Bonchev–Trinajstić information content (AvgIpc) is 3.25. The molecule has 1 aliphatic heterocycles. The van der Waals surface area contributed by atoms with Crippen LogP contribution in [-0.2, 0) is 0 Å². The van der Waals surface area contributed by atoms with Crippen LogP contribution in [-0.4, -0.2) is 29.2 Å². The van der Waals surface area contributed by atoms with Crippen LogP contribution in [0.15, 0.2) is 54.6 Å². The largest absolute Gasteiger partial charge is 0.355 e. The van der Waals surface area contributed by atoms with E-state index >= 15 is 0 Å². The number of carbonyl (C=O) groups is 1. The summed E-state index contributed by atoms with van der Waals surface area (Å²) < 4.78 is 26.4. The lowest BCUT2D eigenvalue weighted by Crippen LogP contribution is -2.19. The number of nitrogens with one attached hydrogen (secondary N) is 1. The van der Waals surface area contributed by atoms with E-state index in [9.17, 15) is 13.6 Å². The van der Waals surface area contributed by atoms with E-state index in [1.54, 1.807) is 18.2 Å². The van der Waals surface area contributed by atoms with Gasteiger partial charge < -0.3 is 10.2 Å². The van der Waals surface area contributed by atoms with E-state index in [4.69, 9.17) is 0 Å². The van der Waals surface area contributed by atoms with Gasteiger partial charge in [0.25, 0.3) is 5.91 Å². The van der Waals surface area contributed by atoms with Gasteiger partial charge in [-0.05, 0) is 55.3 Å². The molecule has 0 spiro atoms. The molecule has 1 saturated heterocycles. The van der Waals surface area contributed by atoms with Crippen LogP contribution in [0.25, 0.3) is 11.3 Å². The van der Waals surface area contributed by atoms with E-state index in [-0.39, 0.29) is 5.56 Å². The predicted molar refractivity (Wildman–Crippen MR) is 103 cm³/mol. The van der Waals surface area contributed by atoms with Gasteiger partial charge in [0.15, 0.2) is 17.5 Å². The number of nitrogens with zero attached hydrogens (tertiary/aromatic N) is 3. The van der Waals surface area contributed by atoms with Crippen LogP contribution in [0.2, 0.25) is 0 Å². The van der Waals surface area contributed by atoms with E-state index in [2.05, 4.69) is 20.4 Å². The first-order chi connectivity index (χ1) is 13.6. The first kappa shape index (κ1) is 18.0. The molecule has 142 valence electrons. The van der Waals surface area contributed by atoms with Crippen molar-refractivity contribution in [2.24, 2.45) is 0 Å². The molecular weight excluding hydrogens is 362 g/mol. The molecule has 1 aromatic heterocycles. The van der Waals surface area contributed by atoms with Crippen molar-refractivity contribution in [3.63, 3.8) is 0 Å². The van der Waals surface area contributed by atoms with Crippen LogP contribution in [0.5, 0.6) is 0 Å². The maximum atomic E-state index is 13.3. The maximum absolute atomic E-state index is 13.3. The van der Waals surface area contributed by atoms with Crippen molar-refractivity contribution in [2.45, 2.75) is 12.8 Å². The minimum Gasteiger partial charge on any atom is -0.355 e. The Labute approximate surface area is 161 Å². The zero-order chi connectivity index (χ0) is 19.5. The van der Waals surface area contributed by atoms with Gasteiger partial charge in [-0.25, -0.2) is 8.78 Å². The second-order valence-corrected chi connectivity index (χ2v) is 6.63. The topological polar surface area (TPSA) is 58.1 Å². The van der Waals surface area contributed by atoms with Crippen molar-refractivity contribution in [3.05, 3.63) is 71.8 Å². The molecule has 4 rings (SSSR count). The summed E-state index contributed by atoms with van der Waals surface area (Å²) in [6.07, 6.45) is 2.34. The zero-order valence-electron chi connectivity index (χ0n) is 15.0. The molecule has 1 aliphatic rings. The lowest BCUT2D eigenvalue weighted by molar-refractivity contribution is 0.102. The van der Waals surface area contributed by atoms with Crippen LogP contribution >= 0.6 is 0 Å². The molecule has 0 unspecified atom stereocenters. The van der Waals surface area contributed by atoms with Crippen molar-refractivity contribution < 1.29 is 13.6 Å². The fourth-order valence-corrected chi connectivity index (χ4v) is 3.19. The number of halogens is 2. The van der Waals surface area contributed by atoms with E-state index in [0.29, 0.717) is 11.4 Å². The summed E-state index contributed by atoms with van der Waals surface area (Å²) in [7, 11) is 0. The summed E-state index contributed by atoms with van der Waals surface area (Å²) in [5, 5.41) is 11.3. The van der Waals surface area contributed by atoms with Crippen LogP contribution in [0, 0.1) is 11.6 Å². The molecule has 0 atom stereocenters. The second-order valence-electron chi connectivity index (χ2n) is 6.63. The smallest absolute Gasteiger partial charge is 0.255 e. The van der Waals surface area contributed by atoms with Crippen LogP contribution in [0.4, 0.5) is 20.3 Å². The summed E-state index contributed by atoms with van der Waals surface area (Å²) >= 11 is 0. The van der Waals surface area contributed by atoms with Gasteiger partial charge in [-0.1, -0.05) is 12.1 Å². The Bertz CT molecular complexity index is 1000. The number of carbonyl (C=O) groups excluding carboxylic acids is 1. The average molecular weight is 380 g/mol. The van der Waals surface area contributed by atoms with Gasteiger partial charge in [0.2, 0.25) is 0 Å². The number of benzene rings is 2. The summed E-state index contributed by atoms with van der Waals surface area (Å²) in [6.45, 7) is 2.00. The zero-order valence-corrected chi connectivity index (χ0v) is 15.0. The number of hydrogen-bond acceptors (Lipinski definition) is 4. The van der Waals surface area contributed by atoms with Gasteiger partial charge in [-0.15, -0.1) is 10.2 Å². The minimum absolute atomic E-state index is 0.0408. The molecule has 3 aromatic rings. The van der Waals surface area contributed by atoms with Crippen LogP contribution < -0.4 is 10.2 Å². The normalized spacial score (nSPS) is 13.6. The van der Waals surface area contributed by atoms with E-state index in [1.807, 2.05) is 18.2 Å². The van der Waals surface area contributed by atoms with Crippen LogP contribution in [0.3, 0.4) is 0 Å². The highest BCUT2D eigenvalue weighted by Crippen LogP contribution is 2.23. The molecule has 0 bridgehead atoms. The fraction of sp³-hybridized carbons (Fsp3) is 0.190. The summed E-state index contributed by atoms with van der Waals surface area (Å²) in [5.74, 6) is -1.71. The maximum Gasteiger partial charge on any atom is 0.255 e. The Hall–Kier alpha value is -3.35. The van der Waals surface area contributed by atoms with Gasteiger partial charge >= 0.3 is 0 Å². The van der Waals surface area contributed by atoms with Gasteiger partial charge in [0, 0.05) is 29.9 Å². The van der Waals surface area contributed by atoms with Gasteiger partial charge in [0.05, 0.1) is 5.69 Å². The molecular formula is C21H18F2N4O. The number of aromatic nitrogens is 2. The fourth-order valence-electron chi connectivity index (χ4n) is 3.19. The predicted octanol–water partition coefficient (Wildman–Crippen LogP) is 4.27. The third-order valence-electron chi connectivity index (χ3n) is 4.68. The van der Waals surface area contributed by atoms with Gasteiger partial charge in [-0.2, -0.15) is 0 Å². The molecule has 0 saturated carbocycles. The molecule has 5 nitrogen and oxygen atoms in total. The Balaban J connectivity index is 1.51. The Kier molecular flexibility index (Phi) is 4.97. The third-order valence-corrected chi connectivity index (χ3v) is 4.68. The quantitative estimate of drug-likeness (QED) is 0.734. The minimum atomic E-state index is -1.06. The van der Waals surface area contributed by atoms with Crippen molar-refractivity contribution in [1.29, 1.82) is 0 Å². The Morgan fingerprint density at radius 1 is 0.929 bits per heavy atom. The standard InChI is InChI=1S/C21H18F2N4O/c22-17-7-6-15(13-18(17)23)21(28)24-16-5-3-4-14(12-16)19-8-9-20(26-25-19)27-10-1-2-11-27/h3-9,12-13H,1-2,10-11H2,(H,24,28). The van der Waals surface area contributed by atoms with Gasteiger partial charge in [-0.3, -0.25) is 4.79 Å². The first-order valence-electron chi connectivity index (χ1n) is 9.06. The number of hydrogen-bond donors (Lipinski definition) is 1. The molecule has 1 amide bonds. The lowest BCUT2D eigenvalue weighted by atomic mass is 10.1. The monoisotopic (exact) mass is 380 g/mol. The SMILES string of the molecule is O=C(Nc1cccc(-c2ccc(N3CCCC3)nn2)c1)c1ccc(F)c(F)c1. The van der Waals surface area contributed by atoms with E-state index in [0.717, 1.165) is 36.6 Å². The van der Waals surface area contributed by atoms with E-state index < -0.39 is 17.5 Å². The Morgan fingerprint density at radius 3 is 2.46 bits per heavy atom. The molecule has 28 heavy (non-hydrogen) atoms. The Morgan fingerprint density at radius 2 is 1.75 bits per heavy atom. The van der Waals surface area contributed by atoms with Gasteiger partial charge in [0.1, 0.15) is 0 Å². The number of anilines is 2. The molecule has 1 N–H and O–H groups in total. The molecule has 0 aliphatic carbocycles. The first-order valence-corrected chi connectivity index (χ1v) is 9.06. The van der Waals surface area contributed by atoms with Crippen molar-refractivity contribution in [1.82, 2.24) is 10.2 Å². The molecule has 2 aromatic carbocycles. The highest BCUT2D eigenvalue weighted by Gasteiger charge is 2.14. The second kappa shape index (κ2) is 7.72. The number of amides is 1. The molecule has 1 fully saturated rings.